The Morgan fingerprint density at radius 1 is 0.333 bits per heavy atom. The van der Waals surface area contributed by atoms with E-state index in [0.29, 0.717) is 5.82 Å². The molecule has 0 spiro atoms. The Balaban J connectivity index is 1.18. The molecule has 252 valence electrons. The van der Waals surface area contributed by atoms with Crippen molar-refractivity contribution in [3.63, 3.8) is 0 Å². The van der Waals surface area contributed by atoms with Crippen LogP contribution in [0.5, 0.6) is 0 Å². The van der Waals surface area contributed by atoms with Gasteiger partial charge in [0.1, 0.15) is 0 Å². The lowest BCUT2D eigenvalue weighted by Gasteiger charge is -2.18. The number of para-hydroxylation sites is 1. The number of aromatic nitrogens is 4. The smallest absolute Gasteiger partial charge is 0.161 e. The van der Waals surface area contributed by atoms with Crippen LogP contribution in [-0.4, -0.2) is 19.9 Å². The minimum absolute atomic E-state index is 0.628. The fraction of sp³-hybridized carbons (Fsp3) is 0. The van der Waals surface area contributed by atoms with Gasteiger partial charge in [0.05, 0.1) is 16.9 Å². The molecular weight excluding hydrogens is 657 g/mol. The van der Waals surface area contributed by atoms with Gasteiger partial charge in [-0.1, -0.05) is 133 Å². The molecule has 54 heavy (non-hydrogen) atoms. The van der Waals surface area contributed by atoms with Crippen molar-refractivity contribution in [1.82, 2.24) is 19.9 Å². The third-order valence-corrected chi connectivity index (χ3v) is 10.2. The van der Waals surface area contributed by atoms with E-state index in [9.17, 15) is 0 Å². The zero-order chi connectivity index (χ0) is 35.8. The van der Waals surface area contributed by atoms with Gasteiger partial charge in [0.25, 0.3) is 0 Å². The first-order chi connectivity index (χ1) is 26.8. The molecule has 3 aromatic heterocycles. The van der Waals surface area contributed by atoms with Crippen LogP contribution in [0.2, 0.25) is 0 Å². The van der Waals surface area contributed by atoms with Crippen molar-refractivity contribution in [3.8, 4) is 67.3 Å². The van der Waals surface area contributed by atoms with Crippen LogP contribution in [0.1, 0.15) is 0 Å². The van der Waals surface area contributed by atoms with E-state index in [-0.39, 0.29) is 0 Å². The summed E-state index contributed by atoms with van der Waals surface area (Å²) in [6.45, 7) is 0. The first-order valence-corrected chi connectivity index (χ1v) is 18.1. The standard InChI is InChI=1S/C50H32N4/c1-2-12-34(13-3-1)48-41-19-5-7-21-43(41)49(44-22-8-6-20-42(44)48)39-18-11-17-38(29-39)47-31-46(37-16-10-15-35(28-37)33-24-26-51-27-25-33)53-50(54-47)40-30-36-14-4-9-23-45(36)52-32-40/h1-32H. The highest BCUT2D eigenvalue weighted by molar-refractivity contribution is 6.21. The predicted octanol–water partition coefficient (Wildman–Crippen LogP) is 12.7. The highest BCUT2D eigenvalue weighted by atomic mass is 14.9. The number of rotatable bonds is 6. The molecule has 10 aromatic rings. The van der Waals surface area contributed by atoms with E-state index in [2.05, 4.69) is 151 Å². The first-order valence-electron chi connectivity index (χ1n) is 18.1. The maximum absolute atomic E-state index is 5.24. The van der Waals surface area contributed by atoms with Crippen LogP contribution in [0.4, 0.5) is 0 Å². The highest BCUT2D eigenvalue weighted by Gasteiger charge is 2.18. The van der Waals surface area contributed by atoms with Crippen LogP contribution in [0.25, 0.3) is 99.7 Å². The Hall–Kier alpha value is -7.30. The molecule has 0 aliphatic rings. The van der Waals surface area contributed by atoms with Gasteiger partial charge in [-0.25, -0.2) is 9.97 Å². The molecule has 0 radical (unpaired) electrons. The van der Waals surface area contributed by atoms with Gasteiger partial charge in [0, 0.05) is 40.7 Å². The first kappa shape index (κ1) is 31.4. The van der Waals surface area contributed by atoms with Gasteiger partial charge in [-0.05, 0) is 97.4 Å². The average molecular weight is 689 g/mol. The molecule has 3 heterocycles. The van der Waals surface area contributed by atoms with Gasteiger partial charge in [-0.2, -0.15) is 0 Å². The number of hydrogen-bond acceptors (Lipinski definition) is 4. The summed E-state index contributed by atoms with van der Waals surface area (Å²) in [7, 11) is 0. The number of benzene rings is 7. The lowest BCUT2D eigenvalue weighted by atomic mass is 9.85. The number of fused-ring (bicyclic) bond motifs is 3. The van der Waals surface area contributed by atoms with Crippen LogP contribution in [0.3, 0.4) is 0 Å². The molecule has 0 fully saturated rings. The van der Waals surface area contributed by atoms with Gasteiger partial charge in [0.15, 0.2) is 5.82 Å². The quantitative estimate of drug-likeness (QED) is 0.163. The van der Waals surface area contributed by atoms with Crippen molar-refractivity contribution >= 4 is 32.4 Å². The molecule has 10 rings (SSSR count). The summed E-state index contributed by atoms with van der Waals surface area (Å²) < 4.78 is 0. The second-order valence-corrected chi connectivity index (χ2v) is 13.5. The van der Waals surface area contributed by atoms with E-state index in [1.165, 1.54) is 38.2 Å². The van der Waals surface area contributed by atoms with Crippen LogP contribution >= 0.6 is 0 Å². The Morgan fingerprint density at radius 2 is 0.852 bits per heavy atom. The molecule has 0 aliphatic carbocycles. The zero-order valence-corrected chi connectivity index (χ0v) is 29.3. The molecule has 0 bridgehead atoms. The number of nitrogens with zero attached hydrogens (tertiary/aromatic N) is 4. The van der Waals surface area contributed by atoms with Crippen LogP contribution < -0.4 is 0 Å². The van der Waals surface area contributed by atoms with Crippen molar-refractivity contribution in [1.29, 1.82) is 0 Å². The molecule has 0 saturated heterocycles. The summed E-state index contributed by atoms with van der Waals surface area (Å²) in [4.78, 5) is 19.4. The number of pyridine rings is 2. The van der Waals surface area contributed by atoms with Gasteiger partial charge in [0.2, 0.25) is 0 Å². The molecule has 0 saturated carbocycles. The molecule has 7 aromatic carbocycles. The molecule has 0 amide bonds. The van der Waals surface area contributed by atoms with Crippen molar-refractivity contribution in [2.24, 2.45) is 0 Å². The van der Waals surface area contributed by atoms with Crippen molar-refractivity contribution in [3.05, 3.63) is 195 Å². The molecule has 4 nitrogen and oxygen atoms in total. The van der Waals surface area contributed by atoms with Gasteiger partial charge < -0.3 is 0 Å². The Morgan fingerprint density at radius 3 is 1.52 bits per heavy atom. The summed E-state index contributed by atoms with van der Waals surface area (Å²) in [5, 5.41) is 5.93. The van der Waals surface area contributed by atoms with E-state index in [4.69, 9.17) is 15.0 Å². The maximum Gasteiger partial charge on any atom is 0.161 e. The molecule has 4 heteroatoms. The third-order valence-electron chi connectivity index (χ3n) is 10.2. The maximum atomic E-state index is 5.24. The lowest BCUT2D eigenvalue weighted by Crippen LogP contribution is -1.97. The third kappa shape index (κ3) is 5.67. The fourth-order valence-electron chi connectivity index (χ4n) is 7.66. The predicted molar refractivity (Wildman–Crippen MR) is 223 cm³/mol. The normalized spacial score (nSPS) is 11.3. The molecule has 0 aliphatic heterocycles. The van der Waals surface area contributed by atoms with Gasteiger partial charge in [-0.3, -0.25) is 9.97 Å². The second-order valence-electron chi connectivity index (χ2n) is 13.5. The van der Waals surface area contributed by atoms with Crippen LogP contribution in [-0.2, 0) is 0 Å². The minimum atomic E-state index is 0.628. The topological polar surface area (TPSA) is 51.6 Å². The molecule has 0 unspecified atom stereocenters. The molecule has 0 atom stereocenters. The summed E-state index contributed by atoms with van der Waals surface area (Å²) >= 11 is 0. The van der Waals surface area contributed by atoms with E-state index in [1.807, 2.05) is 48.9 Å². The summed E-state index contributed by atoms with van der Waals surface area (Å²) in [6, 6.07) is 62.0. The summed E-state index contributed by atoms with van der Waals surface area (Å²) in [6.07, 6.45) is 5.52. The van der Waals surface area contributed by atoms with Crippen molar-refractivity contribution in [2.45, 2.75) is 0 Å². The van der Waals surface area contributed by atoms with Crippen LogP contribution in [0.15, 0.2) is 195 Å². The highest BCUT2D eigenvalue weighted by Crippen LogP contribution is 2.44. The monoisotopic (exact) mass is 688 g/mol. The SMILES string of the molecule is c1ccc(-c2c3ccccc3c(-c3cccc(-c4cc(-c5cccc(-c6ccncc6)c5)nc(-c5cnc6ccccc6c5)n4)c3)c3ccccc23)cc1. The minimum Gasteiger partial charge on any atom is -0.265 e. The average Bonchev–Trinajstić information content (AvgIpc) is 3.26. The van der Waals surface area contributed by atoms with Crippen molar-refractivity contribution in [2.75, 3.05) is 0 Å². The fourth-order valence-corrected chi connectivity index (χ4v) is 7.66. The van der Waals surface area contributed by atoms with Crippen molar-refractivity contribution < 1.29 is 0 Å². The Kier molecular flexibility index (Phi) is 7.77. The van der Waals surface area contributed by atoms with Gasteiger partial charge >= 0.3 is 0 Å². The summed E-state index contributed by atoms with van der Waals surface area (Å²) in [5.41, 5.74) is 12.5. The van der Waals surface area contributed by atoms with E-state index < -0.39 is 0 Å². The molecule has 0 N–H and O–H groups in total. The molecular formula is C50H32N4. The largest absolute Gasteiger partial charge is 0.265 e. The lowest BCUT2D eigenvalue weighted by molar-refractivity contribution is 1.18. The second kappa shape index (κ2) is 13.4. The Bertz CT molecular complexity index is 2940. The Labute approximate surface area is 313 Å². The van der Waals surface area contributed by atoms with Gasteiger partial charge in [-0.15, -0.1) is 0 Å². The zero-order valence-electron chi connectivity index (χ0n) is 29.3. The number of hydrogen-bond donors (Lipinski definition) is 0. The van der Waals surface area contributed by atoms with Crippen LogP contribution in [0, 0.1) is 0 Å². The summed E-state index contributed by atoms with van der Waals surface area (Å²) in [5.74, 6) is 0.628. The van der Waals surface area contributed by atoms with E-state index in [0.717, 1.165) is 55.7 Å². The van der Waals surface area contributed by atoms with E-state index in [1.54, 1.807) is 0 Å². The van der Waals surface area contributed by atoms with E-state index >= 15 is 0 Å².